The molecule has 0 saturated carbocycles. The standard InChI is InChI=1S/C26H24FN3O3S/c1-16(31)14-22(24(32)21-8-4-5-13-28-21)30-25(33)19-6-2-3-7-20(19)26-29-15-23(34-26)17-9-11-18(27)12-10-17/h2-13,15-16,22,24,31-32H,14H2,1H3,(H,30,33)/t16-,22-,24+/m0/s1. The van der Waals surface area contributed by atoms with Gasteiger partial charge in [0, 0.05) is 23.5 Å². The molecule has 2 heterocycles. The van der Waals surface area contributed by atoms with E-state index in [0.717, 1.165) is 10.4 Å². The minimum atomic E-state index is -1.09. The molecule has 2 aromatic carbocycles. The molecule has 2 aromatic heterocycles. The molecule has 0 saturated heterocycles. The maximum atomic E-state index is 13.3. The Morgan fingerprint density at radius 1 is 1.03 bits per heavy atom. The van der Waals surface area contributed by atoms with Crippen LogP contribution in [0.15, 0.2) is 79.1 Å². The first kappa shape index (κ1) is 23.7. The molecule has 0 unspecified atom stereocenters. The fraction of sp³-hybridized carbons (Fsp3) is 0.192. The zero-order valence-electron chi connectivity index (χ0n) is 18.4. The first-order valence-corrected chi connectivity index (χ1v) is 11.6. The van der Waals surface area contributed by atoms with Gasteiger partial charge in [0.15, 0.2) is 0 Å². The van der Waals surface area contributed by atoms with Crippen molar-refractivity contribution >= 4 is 17.2 Å². The molecular weight excluding hydrogens is 453 g/mol. The van der Waals surface area contributed by atoms with Crippen LogP contribution in [0.4, 0.5) is 4.39 Å². The van der Waals surface area contributed by atoms with Crippen LogP contribution in [-0.4, -0.2) is 38.2 Å². The Bertz CT molecular complexity index is 1250. The summed E-state index contributed by atoms with van der Waals surface area (Å²) in [6, 6.07) is 17.6. The number of hydrogen-bond acceptors (Lipinski definition) is 6. The number of pyridine rings is 1. The van der Waals surface area contributed by atoms with E-state index in [9.17, 15) is 19.4 Å². The SMILES string of the molecule is C[C@H](O)C[C@H](NC(=O)c1ccccc1-c1ncc(-c2ccc(F)cc2)s1)[C@H](O)c1ccccn1. The van der Waals surface area contributed by atoms with Crippen molar-refractivity contribution in [3.63, 3.8) is 0 Å². The van der Waals surface area contributed by atoms with E-state index >= 15 is 0 Å². The van der Waals surface area contributed by atoms with E-state index in [1.165, 1.54) is 23.5 Å². The first-order chi connectivity index (χ1) is 16.4. The number of carbonyl (C=O) groups excluding carboxylic acids is 1. The van der Waals surface area contributed by atoms with Gasteiger partial charge in [-0.15, -0.1) is 11.3 Å². The number of hydrogen-bond donors (Lipinski definition) is 3. The van der Waals surface area contributed by atoms with Gasteiger partial charge in [-0.05, 0) is 49.2 Å². The topological polar surface area (TPSA) is 95.3 Å². The van der Waals surface area contributed by atoms with Crippen molar-refractivity contribution in [2.75, 3.05) is 0 Å². The highest BCUT2D eigenvalue weighted by atomic mass is 32.1. The van der Waals surface area contributed by atoms with Crippen LogP contribution < -0.4 is 5.32 Å². The Kier molecular flexibility index (Phi) is 7.42. The van der Waals surface area contributed by atoms with Gasteiger partial charge in [-0.1, -0.05) is 36.4 Å². The molecule has 3 atom stereocenters. The van der Waals surface area contributed by atoms with Crippen molar-refractivity contribution < 1.29 is 19.4 Å². The predicted molar refractivity (Wildman–Crippen MR) is 130 cm³/mol. The van der Waals surface area contributed by atoms with Gasteiger partial charge in [-0.3, -0.25) is 9.78 Å². The highest BCUT2D eigenvalue weighted by molar-refractivity contribution is 7.18. The number of nitrogens with zero attached hydrogens (tertiary/aromatic N) is 2. The Hall–Kier alpha value is -3.46. The van der Waals surface area contributed by atoms with Crippen LogP contribution in [0.1, 0.15) is 35.5 Å². The fourth-order valence-corrected chi connectivity index (χ4v) is 4.61. The maximum absolute atomic E-state index is 13.3. The smallest absolute Gasteiger partial charge is 0.252 e. The lowest BCUT2D eigenvalue weighted by molar-refractivity contribution is 0.0691. The van der Waals surface area contributed by atoms with E-state index in [1.807, 2.05) is 6.07 Å². The van der Waals surface area contributed by atoms with Gasteiger partial charge >= 0.3 is 0 Å². The van der Waals surface area contributed by atoms with Crippen molar-refractivity contribution in [3.8, 4) is 21.0 Å². The van der Waals surface area contributed by atoms with E-state index < -0.39 is 24.2 Å². The average molecular weight is 478 g/mol. The van der Waals surface area contributed by atoms with Gasteiger partial charge in [-0.2, -0.15) is 0 Å². The normalized spacial score (nSPS) is 13.8. The molecule has 4 aromatic rings. The van der Waals surface area contributed by atoms with Crippen molar-refractivity contribution in [1.29, 1.82) is 0 Å². The van der Waals surface area contributed by atoms with Crippen LogP contribution in [0.2, 0.25) is 0 Å². The number of aliphatic hydroxyl groups is 2. The van der Waals surface area contributed by atoms with E-state index in [-0.39, 0.29) is 12.2 Å². The van der Waals surface area contributed by atoms with Crippen LogP contribution >= 0.6 is 11.3 Å². The molecule has 6 nitrogen and oxygen atoms in total. The number of carbonyl (C=O) groups is 1. The van der Waals surface area contributed by atoms with Gasteiger partial charge in [0.05, 0.1) is 22.7 Å². The van der Waals surface area contributed by atoms with Crippen LogP contribution in [0.25, 0.3) is 21.0 Å². The molecule has 0 aliphatic rings. The van der Waals surface area contributed by atoms with Crippen LogP contribution in [0.3, 0.4) is 0 Å². The summed E-state index contributed by atoms with van der Waals surface area (Å²) < 4.78 is 13.3. The second-order valence-electron chi connectivity index (χ2n) is 7.95. The number of rotatable bonds is 8. The molecule has 0 aliphatic carbocycles. The third kappa shape index (κ3) is 5.53. The first-order valence-electron chi connectivity index (χ1n) is 10.8. The molecule has 0 radical (unpaired) electrons. The molecule has 0 bridgehead atoms. The summed E-state index contributed by atoms with van der Waals surface area (Å²) in [7, 11) is 0. The van der Waals surface area contributed by atoms with Crippen molar-refractivity contribution in [2.24, 2.45) is 0 Å². The minimum absolute atomic E-state index is 0.150. The van der Waals surface area contributed by atoms with Crippen LogP contribution in [0, 0.1) is 5.82 Å². The Morgan fingerprint density at radius 2 is 1.76 bits per heavy atom. The van der Waals surface area contributed by atoms with E-state index in [1.54, 1.807) is 67.8 Å². The molecule has 0 spiro atoms. The summed E-state index contributed by atoms with van der Waals surface area (Å²) in [6.45, 7) is 1.60. The zero-order valence-corrected chi connectivity index (χ0v) is 19.2. The molecule has 1 amide bonds. The lowest BCUT2D eigenvalue weighted by Crippen LogP contribution is -2.41. The molecule has 8 heteroatoms. The summed E-state index contributed by atoms with van der Waals surface area (Å²) in [5.74, 6) is -0.704. The van der Waals surface area contributed by atoms with Gasteiger partial charge < -0.3 is 15.5 Å². The van der Waals surface area contributed by atoms with E-state index in [2.05, 4.69) is 15.3 Å². The Labute approximate surface area is 200 Å². The predicted octanol–water partition coefficient (Wildman–Crippen LogP) is 4.61. The van der Waals surface area contributed by atoms with Crippen molar-refractivity contribution in [2.45, 2.75) is 31.6 Å². The van der Waals surface area contributed by atoms with Crippen molar-refractivity contribution in [1.82, 2.24) is 15.3 Å². The number of amides is 1. The second-order valence-corrected chi connectivity index (χ2v) is 8.98. The lowest BCUT2D eigenvalue weighted by atomic mass is 9.99. The summed E-state index contributed by atoms with van der Waals surface area (Å²) in [5.41, 5.74) is 2.28. The number of thiazole rings is 1. The number of aromatic nitrogens is 2. The maximum Gasteiger partial charge on any atom is 0.252 e. The molecule has 0 fully saturated rings. The Balaban J connectivity index is 1.60. The Morgan fingerprint density at radius 3 is 2.47 bits per heavy atom. The molecule has 4 rings (SSSR count). The largest absolute Gasteiger partial charge is 0.393 e. The second kappa shape index (κ2) is 10.6. The number of benzene rings is 2. The quantitative estimate of drug-likeness (QED) is 0.344. The fourth-order valence-electron chi connectivity index (χ4n) is 3.65. The number of aliphatic hydroxyl groups excluding tert-OH is 2. The summed E-state index contributed by atoms with van der Waals surface area (Å²) in [6.07, 6.45) is 1.59. The van der Waals surface area contributed by atoms with E-state index in [4.69, 9.17) is 0 Å². The summed E-state index contributed by atoms with van der Waals surface area (Å²) in [5, 5.41) is 24.3. The monoisotopic (exact) mass is 477 g/mol. The zero-order chi connectivity index (χ0) is 24.1. The van der Waals surface area contributed by atoms with Gasteiger partial charge in [0.25, 0.3) is 5.91 Å². The van der Waals surface area contributed by atoms with Gasteiger partial charge in [0.1, 0.15) is 16.9 Å². The third-order valence-electron chi connectivity index (χ3n) is 5.32. The summed E-state index contributed by atoms with van der Waals surface area (Å²) >= 11 is 1.40. The van der Waals surface area contributed by atoms with Crippen LogP contribution in [0.5, 0.6) is 0 Å². The lowest BCUT2D eigenvalue weighted by Gasteiger charge is -2.25. The van der Waals surface area contributed by atoms with Crippen molar-refractivity contribution in [3.05, 3.63) is 96.2 Å². The summed E-state index contributed by atoms with van der Waals surface area (Å²) in [4.78, 5) is 22.8. The van der Waals surface area contributed by atoms with Crippen LogP contribution in [-0.2, 0) is 0 Å². The number of nitrogens with one attached hydrogen (secondary N) is 1. The van der Waals surface area contributed by atoms with Gasteiger partial charge in [-0.25, -0.2) is 9.37 Å². The highest BCUT2D eigenvalue weighted by Gasteiger charge is 2.27. The van der Waals surface area contributed by atoms with Gasteiger partial charge in [0.2, 0.25) is 0 Å². The minimum Gasteiger partial charge on any atom is -0.393 e. The molecule has 3 N–H and O–H groups in total. The molecule has 34 heavy (non-hydrogen) atoms. The molecular formula is C26H24FN3O3S. The average Bonchev–Trinajstić information content (AvgIpc) is 3.34. The number of halogens is 1. The third-order valence-corrected chi connectivity index (χ3v) is 6.40. The van der Waals surface area contributed by atoms with E-state index in [0.29, 0.717) is 21.8 Å². The highest BCUT2D eigenvalue weighted by Crippen LogP contribution is 2.34. The molecule has 0 aliphatic heterocycles. The molecule has 174 valence electrons.